The molecule has 0 aliphatic heterocycles. The Bertz CT molecular complexity index is 414. The highest BCUT2D eigenvalue weighted by Crippen LogP contribution is 2.17. The predicted octanol–water partition coefficient (Wildman–Crippen LogP) is 3.76. The lowest BCUT2D eigenvalue weighted by atomic mass is 10.3. The van der Waals surface area contributed by atoms with Gasteiger partial charge in [0.15, 0.2) is 0 Å². The third kappa shape index (κ3) is 5.34. The SMILES string of the molecule is CCN(CC)CN(C(=O)O[Si](C)(C)C)c1ccccc1. The van der Waals surface area contributed by atoms with E-state index in [4.69, 9.17) is 4.43 Å². The van der Waals surface area contributed by atoms with Crippen molar-refractivity contribution in [2.45, 2.75) is 33.5 Å². The van der Waals surface area contributed by atoms with Gasteiger partial charge in [-0.1, -0.05) is 32.0 Å². The third-order valence-corrected chi connectivity index (χ3v) is 3.70. The minimum absolute atomic E-state index is 0.248. The number of hydrogen-bond acceptors (Lipinski definition) is 3. The lowest BCUT2D eigenvalue weighted by molar-refractivity contribution is 0.198. The third-order valence-electron chi connectivity index (χ3n) is 2.92. The molecular formula is C15H26N2O2Si. The molecule has 0 saturated heterocycles. The van der Waals surface area contributed by atoms with Crippen molar-refractivity contribution in [2.24, 2.45) is 0 Å². The van der Waals surface area contributed by atoms with Crippen molar-refractivity contribution in [1.82, 2.24) is 4.90 Å². The molecule has 0 atom stereocenters. The Morgan fingerprint density at radius 2 is 1.65 bits per heavy atom. The van der Waals surface area contributed by atoms with Crippen molar-refractivity contribution in [3.05, 3.63) is 30.3 Å². The summed E-state index contributed by atoms with van der Waals surface area (Å²) >= 11 is 0. The van der Waals surface area contributed by atoms with Gasteiger partial charge in [0, 0.05) is 5.69 Å². The van der Waals surface area contributed by atoms with Gasteiger partial charge in [-0.25, -0.2) is 4.79 Å². The van der Waals surface area contributed by atoms with E-state index in [0.29, 0.717) is 6.67 Å². The summed E-state index contributed by atoms with van der Waals surface area (Å²) in [5, 5.41) is 0. The van der Waals surface area contributed by atoms with E-state index in [1.54, 1.807) is 4.90 Å². The molecule has 5 heteroatoms. The first-order valence-electron chi connectivity index (χ1n) is 7.15. The molecule has 1 aromatic carbocycles. The molecule has 0 saturated carbocycles. The fraction of sp³-hybridized carbons (Fsp3) is 0.533. The highest BCUT2D eigenvalue weighted by molar-refractivity contribution is 6.71. The summed E-state index contributed by atoms with van der Waals surface area (Å²) in [7, 11) is -1.90. The molecule has 20 heavy (non-hydrogen) atoms. The maximum atomic E-state index is 12.4. The second-order valence-electron chi connectivity index (χ2n) is 5.69. The number of nitrogens with zero attached hydrogens (tertiary/aromatic N) is 2. The van der Waals surface area contributed by atoms with Crippen molar-refractivity contribution < 1.29 is 9.22 Å². The average Bonchev–Trinajstić information content (AvgIpc) is 2.39. The molecule has 0 unspecified atom stereocenters. The summed E-state index contributed by atoms with van der Waals surface area (Å²) in [6, 6.07) is 9.70. The van der Waals surface area contributed by atoms with E-state index >= 15 is 0 Å². The van der Waals surface area contributed by atoms with Gasteiger partial charge in [-0.3, -0.25) is 9.80 Å². The number of anilines is 1. The van der Waals surface area contributed by atoms with E-state index in [1.807, 2.05) is 50.0 Å². The zero-order valence-electron chi connectivity index (χ0n) is 13.2. The molecule has 0 N–H and O–H groups in total. The summed E-state index contributed by atoms with van der Waals surface area (Å²) < 4.78 is 5.64. The zero-order chi connectivity index (χ0) is 15.2. The summed E-state index contributed by atoms with van der Waals surface area (Å²) in [5.74, 6) is 0. The van der Waals surface area contributed by atoms with Crippen LogP contribution < -0.4 is 4.90 Å². The lowest BCUT2D eigenvalue weighted by Gasteiger charge is -2.31. The van der Waals surface area contributed by atoms with Crippen LogP contribution in [0.25, 0.3) is 0 Å². The van der Waals surface area contributed by atoms with Crippen molar-refractivity contribution in [1.29, 1.82) is 0 Å². The molecule has 0 spiro atoms. The Morgan fingerprint density at radius 1 is 1.10 bits per heavy atom. The molecule has 1 aromatic rings. The van der Waals surface area contributed by atoms with Crippen LogP contribution in [0.1, 0.15) is 13.8 Å². The van der Waals surface area contributed by atoms with Gasteiger partial charge in [-0.2, -0.15) is 0 Å². The molecule has 0 bridgehead atoms. The first-order chi connectivity index (χ1) is 9.37. The van der Waals surface area contributed by atoms with E-state index < -0.39 is 8.32 Å². The van der Waals surface area contributed by atoms with Crippen LogP contribution in [0.4, 0.5) is 10.5 Å². The van der Waals surface area contributed by atoms with E-state index in [-0.39, 0.29) is 6.09 Å². The van der Waals surface area contributed by atoms with Gasteiger partial charge in [0.05, 0.1) is 6.67 Å². The molecule has 1 rings (SSSR count). The van der Waals surface area contributed by atoms with Gasteiger partial charge in [-0.15, -0.1) is 0 Å². The van der Waals surface area contributed by atoms with E-state index in [0.717, 1.165) is 18.8 Å². The Kier molecular flexibility index (Phi) is 6.23. The first kappa shape index (κ1) is 16.7. The highest BCUT2D eigenvalue weighted by Gasteiger charge is 2.26. The minimum atomic E-state index is -1.90. The van der Waals surface area contributed by atoms with Gasteiger partial charge in [0.2, 0.25) is 8.32 Å². The molecule has 0 aliphatic carbocycles. The van der Waals surface area contributed by atoms with Crippen LogP contribution in [0.5, 0.6) is 0 Å². The first-order valence-corrected chi connectivity index (χ1v) is 10.6. The maximum Gasteiger partial charge on any atom is 0.401 e. The van der Waals surface area contributed by atoms with Crippen LogP contribution in [0.3, 0.4) is 0 Å². The van der Waals surface area contributed by atoms with Gasteiger partial charge in [0.1, 0.15) is 0 Å². The van der Waals surface area contributed by atoms with Crippen molar-refractivity contribution >= 4 is 20.1 Å². The number of para-hydroxylation sites is 1. The number of carbonyl (C=O) groups is 1. The summed E-state index contributed by atoms with van der Waals surface area (Å²) in [4.78, 5) is 16.3. The smallest absolute Gasteiger partial charge is 0.401 e. The summed E-state index contributed by atoms with van der Waals surface area (Å²) in [5.41, 5.74) is 0.877. The lowest BCUT2D eigenvalue weighted by Crippen LogP contribution is -2.45. The van der Waals surface area contributed by atoms with Crippen LogP contribution in [0.2, 0.25) is 19.6 Å². The molecule has 0 fully saturated rings. The quantitative estimate of drug-likeness (QED) is 0.591. The fourth-order valence-corrected chi connectivity index (χ4v) is 2.43. The average molecular weight is 294 g/mol. The second kappa shape index (κ2) is 7.45. The fourth-order valence-electron chi connectivity index (χ4n) is 1.79. The van der Waals surface area contributed by atoms with Crippen molar-refractivity contribution in [3.8, 4) is 0 Å². The number of benzene rings is 1. The minimum Gasteiger partial charge on any atom is -0.504 e. The van der Waals surface area contributed by atoms with Crippen LogP contribution in [0, 0.1) is 0 Å². The van der Waals surface area contributed by atoms with E-state index in [1.165, 1.54) is 0 Å². The topological polar surface area (TPSA) is 32.8 Å². The largest absolute Gasteiger partial charge is 0.504 e. The van der Waals surface area contributed by atoms with E-state index in [2.05, 4.69) is 18.7 Å². The summed E-state index contributed by atoms with van der Waals surface area (Å²) in [6.45, 7) is 12.6. The number of hydrogen-bond donors (Lipinski definition) is 0. The molecular weight excluding hydrogens is 268 g/mol. The van der Waals surface area contributed by atoms with Gasteiger partial charge >= 0.3 is 6.09 Å². The second-order valence-corrected chi connectivity index (χ2v) is 10.1. The highest BCUT2D eigenvalue weighted by atomic mass is 28.4. The number of carbonyl (C=O) groups excluding carboxylic acids is 1. The molecule has 0 aliphatic rings. The maximum absolute atomic E-state index is 12.4. The molecule has 1 amide bonds. The van der Waals surface area contributed by atoms with Gasteiger partial charge in [0.25, 0.3) is 0 Å². The molecule has 0 heterocycles. The number of amides is 1. The summed E-state index contributed by atoms with van der Waals surface area (Å²) in [6.07, 6.45) is -0.248. The van der Waals surface area contributed by atoms with Crippen molar-refractivity contribution in [2.75, 3.05) is 24.7 Å². The standard InChI is InChI=1S/C15H26N2O2Si/c1-6-16(7-2)13-17(14-11-9-8-10-12-14)15(18)19-20(3,4)5/h8-12H,6-7,13H2,1-5H3. The van der Waals surface area contributed by atoms with Crippen LogP contribution >= 0.6 is 0 Å². The molecule has 112 valence electrons. The van der Waals surface area contributed by atoms with Crippen LogP contribution in [-0.2, 0) is 4.43 Å². The monoisotopic (exact) mass is 294 g/mol. The van der Waals surface area contributed by atoms with Crippen LogP contribution in [-0.4, -0.2) is 39.1 Å². The molecule has 0 radical (unpaired) electrons. The van der Waals surface area contributed by atoms with Gasteiger partial charge < -0.3 is 4.43 Å². The Hall–Kier alpha value is -1.33. The van der Waals surface area contributed by atoms with E-state index in [9.17, 15) is 4.79 Å². The normalized spacial score (nSPS) is 11.5. The van der Waals surface area contributed by atoms with Crippen molar-refractivity contribution in [3.63, 3.8) is 0 Å². The predicted molar refractivity (Wildman–Crippen MR) is 86.5 cm³/mol. The van der Waals surface area contributed by atoms with Gasteiger partial charge in [-0.05, 0) is 44.9 Å². The Labute approximate surface area is 123 Å². The van der Waals surface area contributed by atoms with Crippen LogP contribution in [0.15, 0.2) is 30.3 Å². The Morgan fingerprint density at radius 3 is 2.10 bits per heavy atom. The Balaban J connectivity index is 2.93. The molecule has 0 aromatic heterocycles. The zero-order valence-corrected chi connectivity index (χ0v) is 14.2. The number of rotatable bonds is 6. The molecule has 4 nitrogen and oxygen atoms in total.